The Morgan fingerprint density at radius 2 is 2.12 bits per heavy atom. The molecule has 16 heavy (non-hydrogen) atoms. The molecule has 0 spiro atoms. The molecule has 1 aromatic heterocycles. The van der Waals surface area contributed by atoms with E-state index in [-0.39, 0.29) is 0 Å². The molecule has 0 saturated heterocycles. The van der Waals surface area contributed by atoms with Crippen LogP contribution in [0.4, 0.5) is 0 Å². The van der Waals surface area contributed by atoms with Crippen molar-refractivity contribution in [3.8, 4) is 5.75 Å². The maximum Gasteiger partial charge on any atom is 0.116 e. The molecule has 0 amide bonds. The second kappa shape index (κ2) is 4.18. The number of aromatic hydroxyl groups is 1. The average molecular weight is 218 g/mol. The molecular weight excluding hydrogens is 200 g/mol. The van der Waals surface area contributed by atoms with Crippen molar-refractivity contribution in [1.29, 1.82) is 0 Å². The highest BCUT2D eigenvalue weighted by Gasteiger charge is 2.12. The van der Waals surface area contributed by atoms with Crippen LogP contribution in [-0.2, 0) is 13.1 Å². The number of nitrogens with zero attached hydrogens (tertiary/aromatic N) is 1. The number of fused-ring (bicyclic) bond motifs is 1. The fraction of sp³-hybridized carbons (Fsp3) is 0.385. The van der Waals surface area contributed by atoms with Gasteiger partial charge >= 0.3 is 0 Å². The monoisotopic (exact) mass is 218 g/mol. The Morgan fingerprint density at radius 3 is 2.75 bits per heavy atom. The Kier molecular flexibility index (Phi) is 2.88. The summed E-state index contributed by atoms with van der Waals surface area (Å²) in [4.78, 5) is 0. The summed E-state index contributed by atoms with van der Waals surface area (Å²) in [7, 11) is 1.94. The van der Waals surface area contributed by atoms with Gasteiger partial charge in [0, 0.05) is 29.7 Å². The van der Waals surface area contributed by atoms with Crippen LogP contribution in [-0.4, -0.2) is 16.7 Å². The predicted molar refractivity (Wildman–Crippen MR) is 66.8 cm³/mol. The molecule has 1 heterocycles. The van der Waals surface area contributed by atoms with Gasteiger partial charge in [-0.3, -0.25) is 0 Å². The van der Waals surface area contributed by atoms with Gasteiger partial charge in [-0.25, -0.2) is 0 Å². The van der Waals surface area contributed by atoms with E-state index in [9.17, 15) is 5.11 Å². The minimum Gasteiger partial charge on any atom is -0.508 e. The molecule has 0 atom stereocenters. The van der Waals surface area contributed by atoms with Gasteiger partial charge in [0.25, 0.3) is 0 Å². The number of hydrogen-bond acceptors (Lipinski definition) is 2. The summed E-state index contributed by atoms with van der Waals surface area (Å²) in [6.45, 7) is 6.06. The number of phenols is 1. The highest BCUT2D eigenvalue weighted by molar-refractivity contribution is 5.86. The van der Waals surface area contributed by atoms with Gasteiger partial charge in [0.15, 0.2) is 0 Å². The first-order chi connectivity index (χ1) is 7.69. The van der Waals surface area contributed by atoms with Gasteiger partial charge in [-0.15, -0.1) is 0 Å². The average Bonchev–Trinajstić information content (AvgIpc) is 2.52. The lowest BCUT2D eigenvalue weighted by molar-refractivity contribution is 0.476. The predicted octanol–water partition coefficient (Wildman–Crippen LogP) is 2.39. The first-order valence-electron chi connectivity index (χ1n) is 5.64. The summed E-state index contributed by atoms with van der Waals surface area (Å²) < 4.78 is 2.28. The molecule has 2 N–H and O–H groups in total. The molecule has 0 bridgehead atoms. The standard InChI is InChI=1S/C13H18N2O/c1-4-15-9(2)12(8-14-3)11-7-10(16)5-6-13(11)15/h5-7,14,16H,4,8H2,1-3H3. The van der Waals surface area contributed by atoms with E-state index >= 15 is 0 Å². The van der Waals surface area contributed by atoms with E-state index < -0.39 is 0 Å². The molecule has 0 aliphatic carbocycles. The van der Waals surface area contributed by atoms with Crippen molar-refractivity contribution in [3.63, 3.8) is 0 Å². The minimum absolute atomic E-state index is 0.332. The summed E-state index contributed by atoms with van der Waals surface area (Å²) in [5, 5.41) is 13.9. The molecule has 2 rings (SSSR count). The quantitative estimate of drug-likeness (QED) is 0.830. The lowest BCUT2D eigenvalue weighted by Crippen LogP contribution is -2.06. The summed E-state index contributed by atoms with van der Waals surface area (Å²) in [6.07, 6.45) is 0. The third-order valence-corrected chi connectivity index (χ3v) is 3.11. The van der Waals surface area contributed by atoms with Crippen LogP contribution in [0, 0.1) is 6.92 Å². The zero-order valence-corrected chi connectivity index (χ0v) is 10.0. The van der Waals surface area contributed by atoms with E-state index in [2.05, 4.69) is 23.7 Å². The Bertz CT molecular complexity index is 514. The molecule has 86 valence electrons. The van der Waals surface area contributed by atoms with Crippen molar-refractivity contribution in [2.24, 2.45) is 0 Å². The Hall–Kier alpha value is -1.48. The van der Waals surface area contributed by atoms with Crippen molar-refractivity contribution >= 4 is 10.9 Å². The van der Waals surface area contributed by atoms with Crippen LogP contribution in [0.5, 0.6) is 5.75 Å². The van der Waals surface area contributed by atoms with Crippen LogP contribution < -0.4 is 5.32 Å². The maximum atomic E-state index is 9.57. The number of hydrogen-bond donors (Lipinski definition) is 2. The van der Waals surface area contributed by atoms with Crippen molar-refractivity contribution in [1.82, 2.24) is 9.88 Å². The molecule has 0 fully saturated rings. The van der Waals surface area contributed by atoms with E-state index in [4.69, 9.17) is 0 Å². The van der Waals surface area contributed by atoms with E-state index in [1.165, 1.54) is 16.8 Å². The fourth-order valence-electron chi connectivity index (χ4n) is 2.35. The Labute approximate surface area is 95.7 Å². The topological polar surface area (TPSA) is 37.2 Å². The first-order valence-corrected chi connectivity index (χ1v) is 5.64. The van der Waals surface area contributed by atoms with Gasteiger partial charge in [-0.1, -0.05) is 0 Å². The second-order valence-corrected chi connectivity index (χ2v) is 4.04. The Balaban J connectivity index is 2.75. The van der Waals surface area contributed by atoms with Crippen LogP contribution in [0.3, 0.4) is 0 Å². The number of aryl methyl sites for hydroxylation is 1. The molecule has 3 heteroatoms. The first kappa shape index (κ1) is 11.0. The Morgan fingerprint density at radius 1 is 1.38 bits per heavy atom. The number of benzene rings is 1. The van der Waals surface area contributed by atoms with Crippen molar-refractivity contribution in [2.75, 3.05) is 7.05 Å². The maximum absolute atomic E-state index is 9.57. The van der Waals surface area contributed by atoms with Gasteiger partial charge in [-0.2, -0.15) is 0 Å². The van der Waals surface area contributed by atoms with E-state index in [0.717, 1.165) is 18.5 Å². The normalized spacial score (nSPS) is 11.2. The highest BCUT2D eigenvalue weighted by atomic mass is 16.3. The smallest absolute Gasteiger partial charge is 0.116 e. The number of nitrogens with one attached hydrogen (secondary N) is 1. The van der Waals surface area contributed by atoms with Gasteiger partial charge in [0.05, 0.1) is 0 Å². The van der Waals surface area contributed by atoms with Crippen LogP contribution in [0.2, 0.25) is 0 Å². The number of phenolic OH excluding ortho intramolecular Hbond substituents is 1. The van der Waals surface area contributed by atoms with Gasteiger partial charge in [0.1, 0.15) is 5.75 Å². The summed E-state index contributed by atoms with van der Waals surface area (Å²) in [5.41, 5.74) is 3.75. The zero-order valence-electron chi connectivity index (χ0n) is 10.0. The molecule has 0 unspecified atom stereocenters. The molecule has 2 aromatic rings. The van der Waals surface area contributed by atoms with Gasteiger partial charge in [-0.05, 0) is 44.7 Å². The van der Waals surface area contributed by atoms with Crippen LogP contribution in [0.25, 0.3) is 10.9 Å². The van der Waals surface area contributed by atoms with E-state index in [0.29, 0.717) is 5.75 Å². The molecule has 0 aliphatic rings. The molecular formula is C13H18N2O. The van der Waals surface area contributed by atoms with Gasteiger partial charge in [0.2, 0.25) is 0 Å². The van der Waals surface area contributed by atoms with Crippen LogP contribution >= 0.6 is 0 Å². The second-order valence-electron chi connectivity index (χ2n) is 4.04. The zero-order chi connectivity index (χ0) is 11.7. The van der Waals surface area contributed by atoms with Crippen molar-refractivity contribution in [3.05, 3.63) is 29.5 Å². The largest absolute Gasteiger partial charge is 0.508 e. The highest BCUT2D eigenvalue weighted by Crippen LogP contribution is 2.28. The van der Waals surface area contributed by atoms with Gasteiger partial charge < -0.3 is 15.0 Å². The van der Waals surface area contributed by atoms with Crippen LogP contribution in [0.15, 0.2) is 18.2 Å². The van der Waals surface area contributed by atoms with E-state index in [1.807, 2.05) is 19.2 Å². The number of aromatic nitrogens is 1. The third-order valence-electron chi connectivity index (χ3n) is 3.11. The lowest BCUT2D eigenvalue weighted by Gasteiger charge is -2.04. The van der Waals surface area contributed by atoms with Crippen molar-refractivity contribution < 1.29 is 5.11 Å². The molecule has 0 radical (unpaired) electrons. The summed E-state index contributed by atoms with van der Waals surface area (Å²) in [6, 6.07) is 5.58. The van der Waals surface area contributed by atoms with Crippen molar-refractivity contribution in [2.45, 2.75) is 26.9 Å². The molecule has 0 aliphatic heterocycles. The molecule has 1 aromatic carbocycles. The van der Waals surface area contributed by atoms with E-state index in [1.54, 1.807) is 6.07 Å². The number of rotatable bonds is 3. The minimum atomic E-state index is 0.332. The molecule has 3 nitrogen and oxygen atoms in total. The fourth-order valence-corrected chi connectivity index (χ4v) is 2.35. The summed E-state index contributed by atoms with van der Waals surface area (Å²) >= 11 is 0. The molecule has 0 saturated carbocycles. The third kappa shape index (κ3) is 1.57. The lowest BCUT2D eigenvalue weighted by atomic mass is 10.1. The van der Waals surface area contributed by atoms with Crippen LogP contribution in [0.1, 0.15) is 18.2 Å². The summed E-state index contributed by atoms with van der Waals surface area (Å²) in [5.74, 6) is 0.332. The SMILES string of the molecule is CCn1c(C)c(CNC)c2cc(O)ccc21.